The van der Waals surface area contributed by atoms with E-state index in [4.69, 9.17) is 0 Å². The first-order valence-electron chi connectivity index (χ1n) is 9.14. The molecule has 132 valence electrons. The lowest BCUT2D eigenvalue weighted by Gasteiger charge is -2.24. The third-order valence-corrected chi connectivity index (χ3v) is 4.33. The summed E-state index contributed by atoms with van der Waals surface area (Å²) in [6.45, 7) is 9.80. The number of unbranched alkanes of at least 4 members (excludes halogenated alkanes) is 3. The van der Waals surface area contributed by atoms with E-state index in [-0.39, 0.29) is 11.6 Å². The molecule has 0 radical (unpaired) electrons. The van der Waals surface area contributed by atoms with E-state index in [1.165, 1.54) is 26.2 Å². The van der Waals surface area contributed by atoms with Crippen LogP contribution in [0.3, 0.4) is 0 Å². The quantitative estimate of drug-likeness (QED) is 0.315. The van der Waals surface area contributed by atoms with Crippen molar-refractivity contribution in [1.29, 1.82) is 0 Å². The van der Waals surface area contributed by atoms with Crippen molar-refractivity contribution in [2.75, 3.05) is 13.1 Å². The molecular weight excluding hydrogens is 298 g/mol. The Labute approximate surface area is 146 Å². The molecule has 0 N–H and O–H groups in total. The van der Waals surface area contributed by atoms with E-state index in [1.54, 1.807) is 30.3 Å². The number of benzene rings is 1. The van der Waals surface area contributed by atoms with Gasteiger partial charge in [0.05, 0.1) is 0 Å². The highest BCUT2D eigenvalue weighted by molar-refractivity contribution is 6.05. The van der Waals surface area contributed by atoms with Crippen molar-refractivity contribution in [1.82, 2.24) is 4.90 Å². The molecule has 0 aliphatic rings. The molecule has 0 saturated heterocycles. The zero-order valence-electron chi connectivity index (χ0n) is 15.6. The van der Waals surface area contributed by atoms with Crippen LogP contribution in [0.25, 0.3) is 0 Å². The number of Topliss-reactive ketones (excluding diaryl/α,β-unsaturated/α-hetero) is 1. The van der Waals surface area contributed by atoms with E-state index in [0.717, 1.165) is 31.6 Å². The van der Waals surface area contributed by atoms with Crippen molar-refractivity contribution in [3.8, 4) is 0 Å². The second-order valence-corrected chi connectivity index (χ2v) is 6.12. The summed E-state index contributed by atoms with van der Waals surface area (Å²) in [6, 6.07) is 6.93. The largest absolute Gasteiger partial charge is 0.375 e. The highest BCUT2D eigenvalue weighted by Gasteiger charge is 2.10. The van der Waals surface area contributed by atoms with Crippen molar-refractivity contribution in [2.45, 2.75) is 59.8 Å². The molecule has 1 aromatic rings. The van der Waals surface area contributed by atoms with Crippen LogP contribution < -0.4 is 0 Å². The minimum atomic E-state index is 0.0162. The lowest BCUT2D eigenvalue weighted by Crippen LogP contribution is -2.23. The molecule has 3 nitrogen and oxygen atoms in total. The van der Waals surface area contributed by atoms with Crippen molar-refractivity contribution in [2.24, 2.45) is 0 Å². The van der Waals surface area contributed by atoms with Gasteiger partial charge in [0, 0.05) is 36.0 Å². The molecule has 0 spiro atoms. The van der Waals surface area contributed by atoms with E-state index in [2.05, 4.69) is 25.7 Å². The van der Waals surface area contributed by atoms with Crippen LogP contribution in [0.1, 0.15) is 80.5 Å². The third-order valence-electron chi connectivity index (χ3n) is 4.33. The Balaban J connectivity index is 2.89. The fraction of sp³-hybridized carbons (Fsp3) is 0.524. The van der Waals surface area contributed by atoms with Crippen molar-refractivity contribution < 1.29 is 9.59 Å². The van der Waals surface area contributed by atoms with Gasteiger partial charge in [0.15, 0.2) is 11.6 Å². The van der Waals surface area contributed by atoms with Crippen LogP contribution >= 0.6 is 0 Å². The van der Waals surface area contributed by atoms with Crippen LogP contribution in [0.2, 0.25) is 0 Å². The maximum Gasteiger partial charge on any atom is 0.187 e. The van der Waals surface area contributed by atoms with Gasteiger partial charge in [0.1, 0.15) is 0 Å². The van der Waals surface area contributed by atoms with Gasteiger partial charge >= 0.3 is 0 Å². The third kappa shape index (κ3) is 6.31. The summed E-state index contributed by atoms with van der Waals surface area (Å²) in [7, 11) is 0. The molecule has 0 bridgehead atoms. The van der Waals surface area contributed by atoms with Crippen LogP contribution in [-0.2, 0) is 0 Å². The number of rotatable bonds is 11. The molecule has 0 aromatic heterocycles. The van der Waals surface area contributed by atoms with E-state index < -0.39 is 0 Å². The van der Waals surface area contributed by atoms with Gasteiger partial charge in [0.25, 0.3) is 0 Å². The summed E-state index contributed by atoms with van der Waals surface area (Å²) < 4.78 is 0. The van der Waals surface area contributed by atoms with Crippen molar-refractivity contribution in [3.05, 3.63) is 47.2 Å². The first-order chi connectivity index (χ1) is 11.5. The van der Waals surface area contributed by atoms with Crippen LogP contribution in [0, 0.1) is 0 Å². The highest BCUT2D eigenvalue weighted by Crippen LogP contribution is 2.16. The van der Waals surface area contributed by atoms with E-state index in [0.29, 0.717) is 11.1 Å². The minimum absolute atomic E-state index is 0.0162. The number of hydrogen-bond acceptors (Lipinski definition) is 3. The van der Waals surface area contributed by atoms with Crippen molar-refractivity contribution >= 4 is 11.6 Å². The van der Waals surface area contributed by atoms with Gasteiger partial charge < -0.3 is 4.90 Å². The molecule has 0 saturated carbocycles. The van der Waals surface area contributed by atoms with E-state index in [9.17, 15) is 9.59 Å². The molecule has 0 unspecified atom stereocenters. The van der Waals surface area contributed by atoms with Crippen LogP contribution in [0.4, 0.5) is 0 Å². The Morgan fingerprint density at radius 1 is 0.917 bits per heavy atom. The Hall–Kier alpha value is -1.90. The molecule has 1 rings (SSSR count). The molecule has 1 aromatic carbocycles. The number of nitrogens with zero attached hydrogens (tertiary/aromatic N) is 1. The van der Waals surface area contributed by atoms with Gasteiger partial charge in [-0.05, 0) is 33.6 Å². The van der Waals surface area contributed by atoms with E-state index >= 15 is 0 Å². The van der Waals surface area contributed by atoms with Gasteiger partial charge in [-0.1, -0.05) is 50.5 Å². The maximum absolute atomic E-state index is 12.6. The summed E-state index contributed by atoms with van der Waals surface area (Å²) in [5.41, 5.74) is 2.40. The molecule has 0 aliphatic heterocycles. The number of hydrogen-bond donors (Lipinski definition) is 0. The number of allylic oxidation sites excluding steroid dienone is 2. The average molecular weight is 329 g/mol. The summed E-state index contributed by atoms with van der Waals surface area (Å²) >= 11 is 0. The average Bonchev–Trinajstić information content (AvgIpc) is 2.59. The normalized spacial score (nSPS) is 11.4. The Bertz CT molecular complexity index is 554. The van der Waals surface area contributed by atoms with Gasteiger partial charge in [-0.3, -0.25) is 9.59 Å². The van der Waals surface area contributed by atoms with Gasteiger partial charge in [-0.15, -0.1) is 0 Å². The molecule has 3 heteroatoms. The second-order valence-electron chi connectivity index (χ2n) is 6.12. The predicted octanol–water partition coefficient (Wildman–Crippen LogP) is 5.27. The fourth-order valence-corrected chi connectivity index (χ4v) is 2.79. The van der Waals surface area contributed by atoms with Gasteiger partial charge in [-0.2, -0.15) is 0 Å². The topological polar surface area (TPSA) is 37.4 Å². The monoisotopic (exact) mass is 329 g/mol. The van der Waals surface area contributed by atoms with E-state index in [1.807, 2.05) is 0 Å². The molecule has 0 fully saturated rings. The summed E-state index contributed by atoms with van der Waals surface area (Å²) in [4.78, 5) is 26.2. The Morgan fingerprint density at radius 3 is 2.00 bits per heavy atom. The predicted molar refractivity (Wildman–Crippen MR) is 101 cm³/mol. The summed E-state index contributed by atoms with van der Waals surface area (Å²) in [5.74, 6) is 0.0341. The molecule has 0 amide bonds. The molecule has 24 heavy (non-hydrogen) atoms. The highest BCUT2D eigenvalue weighted by atomic mass is 16.1. The number of carbonyl (C=O) groups is 2. The first-order valence-corrected chi connectivity index (χ1v) is 9.14. The molecule has 0 heterocycles. The first kappa shape index (κ1) is 20.1. The number of carbonyl (C=O) groups excluding carboxylic acids is 2. The molecule has 0 atom stereocenters. The smallest absolute Gasteiger partial charge is 0.187 e. The number of ketones is 2. The molecule has 0 aliphatic carbocycles. The van der Waals surface area contributed by atoms with Gasteiger partial charge in [-0.25, -0.2) is 0 Å². The van der Waals surface area contributed by atoms with Gasteiger partial charge in [0.2, 0.25) is 0 Å². The maximum atomic E-state index is 12.6. The standard InChI is InChI=1S/C21H31NO2/c1-5-8-9-10-11-20(22(6-2)7-3)16-21(24)19-14-12-18(13-15-19)17(4)23/h12-16H,5-11H2,1-4H3/b20-16-. The van der Waals surface area contributed by atoms with Crippen LogP contribution in [0.15, 0.2) is 36.0 Å². The fourth-order valence-electron chi connectivity index (χ4n) is 2.79. The Morgan fingerprint density at radius 2 is 1.50 bits per heavy atom. The zero-order chi connectivity index (χ0) is 17.9. The van der Waals surface area contributed by atoms with Crippen LogP contribution in [-0.4, -0.2) is 29.6 Å². The van der Waals surface area contributed by atoms with Crippen LogP contribution in [0.5, 0.6) is 0 Å². The lowest BCUT2D eigenvalue weighted by atomic mass is 10.0. The summed E-state index contributed by atoms with van der Waals surface area (Å²) in [6.07, 6.45) is 7.50. The van der Waals surface area contributed by atoms with Crippen molar-refractivity contribution in [3.63, 3.8) is 0 Å². The summed E-state index contributed by atoms with van der Waals surface area (Å²) in [5, 5.41) is 0. The SMILES string of the molecule is CCCCCC/C(=C/C(=O)c1ccc(C(C)=O)cc1)N(CC)CC. The molecular formula is C21H31NO2. The second kappa shape index (κ2) is 10.8. The minimum Gasteiger partial charge on any atom is -0.375 e. The lowest BCUT2D eigenvalue weighted by molar-refractivity contribution is 0.101. The zero-order valence-corrected chi connectivity index (χ0v) is 15.6. The Kier molecular flexibility index (Phi) is 9.06.